The van der Waals surface area contributed by atoms with E-state index in [1.807, 2.05) is 6.92 Å². The molecule has 2 rings (SSSR count). The Balaban J connectivity index is 2.69. The first-order chi connectivity index (χ1) is 8.13. The van der Waals surface area contributed by atoms with Crippen molar-refractivity contribution in [3.8, 4) is 0 Å². The summed E-state index contributed by atoms with van der Waals surface area (Å²) in [4.78, 5) is 26.2. The molecule has 17 heavy (non-hydrogen) atoms. The van der Waals surface area contributed by atoms with Crippen LogP contribution < -0.4 is 5.56 Å². The van der Waals surface area contributed by atoms with E-state index in [1.54, 1.807) is 0 Å². The van der Waals surface area contributed by atoms with E-state index < -0.39 is 4.92 Å². The molecule has 0 amide bonds. The SMILES string of the molecule is CCCn1cnc2ccc([N+](=O)[O-])cc2c1=O. The van der Waals surface area contributed by atoms with Gasteiger partial charge in [0.05, 0.1) is 22.2 Å². The summed E-state index contributed by atoms with van der Waals surface area (Å²) in [5.41, 5.74) is 0.152. The molecule has 0 bridgehead atoms. The van der Waals surface area contributed by atoms with E-state index in [-0.39, 0.29) is 16.6 Å². The molecule has 1 aromatic heterocycles. The Bertz CT molecular complexity index is 633. The minimum absolute atomic E-state index is 0.0920. The van der Waals surface area contributed by atoms with E-state index in [4.69, 9.17) is 0 Å². The van der Waals surface area contributed by atoms with Crippen LogP contribution in [0.15, 0.2) is 29.3 Å². The lowest BCUT2D eigenvalue weighted by Crippen LogP contribution is -2.20. The van der Waals surface area contributed by atoms with Crippen LogP contribution in [0.3, 0.4) is 0 Å². The predicted molar refractivity (Wildman–Crippen MR) is 62.9 cm³/mol. The number of nitro benzene ring substituents is 1. The number of nitrogens with zero attached hydrogens (tertiary/aromatic N) is 3. The summed E-state index contributed by atoms with van der Waals surface area (Å²) in [5, 5.41) is 10.9. The third-order valence-electron chi connectivity index (χ3n) is 2.48. The molecule has 0 fully saturated rings. The fourth-order valence-electron chi connectivity index (χ4n) is 1.66. The van der Waals surface area contributed by atoms with Gasteiger partial charge < -0.3 is 0 Å². The number of hydrogen-bond acceptors (Lipinski definition) is 4. The van der Waals surface area contributed by atoms with Crippen LogP contribution in [0.5, 0.6) is 0 Å². The predicted octanol–water partition coefficient (Wildman–Crippen LogP) is 1.71. The number of aromatic nitrogens is 2. The molecule has 6 nitrogen and oxygen atoms in total. The Hall–Kier alpha value is -2.24. The molecule has 0 aliphatic rings. The highest BCUT2D eigenvalue weighted by Crippen LogP contribution is 2.16. The van der Waals surface area contributed by atoms with E-state index in [0.29, 0.717) is 12.1 Å². The monoisotopic (exact) mass is 233 g/mol. The Morgan fingerprint density at radius 1 is 1.47 bits per heavy atom. The highest BCUT2D eigenvalue weighted by atomic mass is 16.6. The van der Waals surface area contributed by atoms with E-state index in [0.717, 1.165) is 6.42 Å². The summed E-state index contributed by atoms with van der Waals surface area (Å²) < 4.78 is 1.46. The summed E-state index contributed by atoms with van der Waals surface area (Å²) in [7, 11) is 0. The molecule has 0 N–H and O–H groups in total. The van der Waals surface area contributed by atoms with Crippen molar-refractivity contribution >= 4 is 16.6 Å². The van der Waals surface area contributed by atoms with Gasteiger partial charge in [-0.25, -0.2) is 4.98 Å². The molecule has 1 heterocycles. The molecular formula is C11H11N3O3. The number of non-ortho nitro benzene ring substituents is 1. The van der Waals surface area contributed by atoms with Crippen LogP contribution >= 0.6 is 0 Å². The van der Waals surface area contributed by atoms with E-state index in [9.17, 15) is 14.9 Å². The Kier molecular flexibility index (Phi) is 2.86. The fourth-order valence-corrected chi connectivity index (χ4v) is 1.66. The maximum Gasteiger partial charge on any atom is 0.270 e. The van der Waals surface area contributed by atoms with Crippen molar-refractivity contribution < 1.29 is 4.92 Å². The smallest absolute Gasteiger partial charge is 0.270 e. The maximum absolute atomic E-state index is 12.0. The molecule has 0 spiro atoms. The maximum atomic E-state index is 12.0. The average Bonchev–Trinajstić information content (AvgIpc) is 2.32. The molecule has 0 atom stereocenters. The highest BCUT2D eigenvalue weighted by molar-refractivity contribution is 5.79. The summed E-state index contributed by atoms with van der Waals surface area (Å²) >= 11 is 0. The first-order valence-electron chi connectivity index (χ1n) is 5.27. The lowest BCUT2D eigenvalue weighted by molar-refractivity contribution is -0.384. The van der Waals surface area contributed by atoms with Gasteiger partial charge in [-0.15, -0.1) is 0 Å². The molecule has 6 heteroatoms. The highest BCUT2D eigenvalue weighted by Gasteiger charge is 2.10. The Labute approximate surface area is 96.7 Å². The van der Waals surface area contributed by atoms with Gasteiger partial charge in [0.25, 0.3) is 11.2 Å². The number of nitro groups is 1. The second kappa shape index (κ2) is 4.32. The van der Waals surface area contributed by atoms with Crippen LogP contribution in [0.25, 0.3) is 10.9 Å². The third-order valence-corrected chi connectivity index (χ3v) is 2.48. The quantitative estimate of drug-likeness (QED) is 0.597. The van der Waals surface area contributed by atoms with Crippen molar-refractivity contribution in [2.75, 3.05) is 0 Å². The standard InChI is InChI=1S/C11H11N3O3/c1-2-5-13-7-12-10-4-3-8(14(16)17)6-9(10)11(13)15/h3-4,6-7H,2,5H2,1H3. The van der Waals surface area contributed by atoms with E-state index >= 15 is 0 Å². The topological polar surface area (TPSA) is 78.0 Å². The Morgan fingerprint density at radius 3 is 2.88 bits per heavy atom. The van der Waals surface area contributed by atoms with Crippen molar-refractivity contribution in [3.63, 3.8) is 0 Å². The third kappa shape index (κ3) is 2.01. The fraction of sp³-hybridized carbons (Fsp3) is 0.273. The molecular weight excluding hydrogens is 222 g/mol. The first-order valence-corrected chi connectivity index (χ1v) is 5.27. The molecule has 0 radical (unpaired) electrons. The molecule has 2 aromatic rings. The van der Waals surface area contributed by atoms with Crippen molar-refractivity contribution in [2.45, 2.75) is 19.9 Å². The van der Waals surface area contributed by atoms with E-state index in [2.05, 4.69) is 4.98 Å². The van der Waals surface area contributed by atoms with Crippen molar-refractivity contribution in [3.05, 3.63) is 45.0 Å². The zero-order valence-corrected chi connectivity index (χ0v) is 9.29. The molecule has 1 aromatic carbocycles. The van der Waals surface area contributed by atoms with Crippen molar-refractivity contribution in [2.24, 2.45) is 0 Å². The molecule has 0 aliphatic carbocycles. The molecule has 88 valence electrons. The van der Waals surface area contributed by atoms with Gasteiger partial charge in [0, 0.05) is 18.7 Å². The number of fused-ring (bicyclic) bond motifs is 1. The molecule has 0 saturated heterocycles. The Morgan fingerprint density at radius 2 is 2.24 bits per heavy atom. The van der Waals surface area contributed by atoms with Gasteiger partial charge in [0.2, 0.25) is 0 Å². The molecule has 0 saturated carbocycles. The van der Waals surface area contributed by atoms with Gasteiger partial charge in [0.1, 0.15) is 0 Å². The number of benzene rings is 1. The summed E-state index contributed by atoms with van der Waals surface area (Å²) in [6.45, 7) is 2.51. The second-order valence-electron chi connectivity index (χ2n) is 3.70. The van der Waals surface area contributed by atoms with Gasteiger partial charge in [-0.05, 0) is 12.5 Å². The van der Waals surface area contributed by atoms with Crippen molar-refractivity contribution in [1.82, 2.24) is 9.55 Å². The minimum atomic E-state index is -0.518. The van der Waals surface area contributed by atoms with E-state index in [1.165, 1.54) is 29.1 Å². The van der Waals surface area contributed by atoms with Gasteiger partial charge in [-0.1, -0.05) is 6.92 Å². The second-order valence-corrected chi connectivity index (χ2v) is 3.70. The lowest BCUT2D eigenvalue weighted by atomic mass is 10.2. The van der Waals surface area contributed by atoms with Crippen LogP contribution in [-0.2, 0) is 6.54 Å². The molecule has 0 unspecified atom stereocenters. The van der Waals surface area contributed by atoms with Crippen LogP contribution in [-0.4, -0.2) is 14.5 Å². The van der Waals surface area contributed by atoms with Crippen molar-refractivity contribution in [1.29, 1.82) is 0 Å². The normalized spacial score (nSPS) is 10.6. The van der Waals surface area contributed by atoms with Crippen LogP contribution in [0.2, 0.25) is 0 Å². The summed E-state index contributed by atoms with van der Waals surface area (Å²) in [6, 6.07) is 4.11. The van der Waals surface area contributed by atoms with Gasteiger partial charge in [-0.2, -0.15) is 0 Å². The van der Waals surface area contributed by atoms with Crippen LogP contribution in [0.4, 0.5) is 5.69 Å². The van der Waals surface area contributed by atoms with Crippen LogP contribution in [0, 0.1) is 10.1 Å². The lowest BCUT2D eigenvalue weighted by Gasteiger charge is -2.04. The number of aryl methyl sites for hydroxylation is 1. The van der Waals surface area contributed by atoms with Gasteiger partial charge >= 0.3 is 0 Å². The summed E-state index contributed by atoms with van der Waals surface area (Å²) in [6.07, 6.45) is 2.28. The zero-order valence-electron chi connectivity index (χ0n) is 9.29. The average molecular weight is 233 g/mol. The van der Waals surface area contributed by atoms with Crippen LogP contribution in [0.1, 0.15) is 13.3 Å². The molecule has 0 aliphatic heterocycles. The zero-order chi connectivity index (χ0) is 12.4. The van der Waals surface area contributed by atoms with Gasteiger partial charge in [0.15, 0.2) is 0 Å². The largest absolute Gasteiger partial charge is 0.299 e. The number of hydrogen-bond donors (Lipinski definition) is 0. The minimum Gasteiger partial charge on any atom is -0.299 e. The first kappa shape index (κ1) is 11.3. The van der Waals surface area contributed by atoms with Gasteiger partial charge in [-0.3, -0.25) is 19.5 Å². The number of rotatable bonds is 3. The summed E-state index contributed by atoms with van der Waals surface area (Å²) in [5.74, 6) is 0.